The van der Waals surface area contributed by atoms with Crippen molar-refractivity contribution < 1.29 is 38.3 Å². The molecule has 2 aliphatic heterocycles. The largest absolute Gasteiger partial charge is 0.459 e. The molecule has 0 bridgehead atoms. The number of rotatable bonds is 6. The van der Waals surface area contributed by atoms with Gasteiger partial charge in [-0.05, 0) is 68.1 Å². The van der Waals surface area contributed by atoms with Crippen molar-refractivity contribution in [3.63, 3.8) is 0 Å². The minimum atomic E-state index is -1.07. The minimum absolute atomic E-state index is 0.113. The van der Waals surface area contributed by atoms with Crippen LogP contribution in [0.15, 0.2) is 33.3 Å². The van der Waals surface area contributed by atoms with Gasteiger partial charge in [-0.1, -0.05) is 25.0 Å². The fraction of sp³-hybridized carbons (Fsp3) is 0.560. The highest BCUT2D eigenvalue weighted by molar-refractivity contribution is 6.43. The molecule has 0 radical (unpaired) electrons. The van der Waals surface area contributed by atoms with E-state index < -0.39 is 43.0 Å². The van der Waals surface area contributed by atoms with Gasteiger partial charge < -0.3 is 23.9 Å². The van der Waals surface area contributed by atoms with Gasteiger partial charge in [-0.25, -0.2) is 4.79 Å². The summed E-state index contributed by atoms with van der Waals surface area (Å²) in [6.07, 6.45) is 2.34. The van der Waals surface area contributed by atoms with Crippen LogP contribution in [0.5, 0.6) is 0 Å². The minimum Gasteiger partial charge on any atom is -0.459 e. The topological polar surface area (TPSA) is 127 Å². The summed E-state index contributed by atoms with van der Waals surface area (Å²) in [5, 5.41) is 19.8. The maximum atomic E-state index is 13.2. The van der Waals surface area contributed by atoms with Gasteiger partial charge in [0, 0.05) is 0 Å². The number of amides is 3. The number of aliphatic hydroxyl groups is 1. The van der Waals surface area contributed by atoms with Gasteiger partial charge in [0.15, 0.2) is 0 Å². The molecule has 188 valence electrons. The first kappa shape index (κ1) is 25.4. The van der Waals surface area contributed by atoms with Crippen LogP contribution in [0.1, 0.15) is 51.6 Å². The Labute approximate surface area is 204 Å². The van der Waals surface area contributed by atoms with E-state index in [-0.39, 0.29) is 24.8 Å². The Morgan fingerprint density at radius 3 is 2.66 bits per heavy atom. The van der Waals surface area contributed by atoms with Crippen molar-refractivity contribution in [1.82, 2.24) is 4.90 Å². The van der Waals surface area contributed by atoms with Crippen molar-refractivity contribution >= 4 is 31.1 Å². The Hall–Kier alpha value is -2.69. The number of imide groups is 3. The van der Waals surface area contributed by atoms with E-state index in [1.807, 2.05) is 26.8 Å². The number of furan rings is 1. The number of hydrogen-bond donors (Lipinski definition) is 2. The van der Waals surface area contributed by atoms with Crippen LogP contribution < -0.4 is 0 Å². The molecule has 4 atom stereocenters. The second kappa shape index (κ2) is 10.1. The van der Waals surface area contributed by atoms with Crippen LogP contribution >= 0.6 is 0 Å². The number of aliphatic hydroxyl groups excluding tert-OH is 1. The Balaban J connectivity index is 1.61. The van der Waals surface area contributed by atoms with Gasteiger partial charge in [0.1, 0.15) is 18.1 Å². The molecule has 1 aromatic heterocycles. The van der Waals surface area contributed by atoms with Gasteiger partial charge in [0.2, 0.25) is 11.8 Å². The van der Waals surface area contributed by atoms with E-state index in [4.69, 9.17) is 9.07 Å². The third kappa shape index (κ3) is 4.74. The predicted molar refractivity (Wildman–Crippen MR) is 126 cm³/mol. The number of methoxy groups -OCH3 is 1. The predicted octanol–water partition coefficient (Wildman–Crippen LogP) is 3.17. The summed E-state index contributed by atoms with van der Waals surface area (Å²) in [5.41, 5.74) is 3.07. The first-order chi connectivity index (χ1) is 16.7. The van der Waals surface area contributed by atoms with Crippen molar-refractivity contribution in [2.24, 2.45) is 23.7 Å². The van der Waals surface area contributed by atoms with Crippen molar-refractivity contribution in [3.05, 3.63) is 40.4 Å². The molecule has 2 saturated heterocycles. The number of carbonyl (C=O) groups is 3. The number of ether oxygens (including phenoxy) is 1. The average molecular weight is 485 g/mol. The standard InChI is InChI=1S/C25H32BNO8/c1-13(2)17-10-18-22(24(30)27(23(18)29)25(31)33-4)19-11-26(32)35-20(21(17)19)8-5-14(3)9-15-6-7-16(12-28)34-15/h6-7,9,13,18-20,22,28,32H,5,8,10-12H2,1-4H3/b14-9+/t18-,19+,20-,22-/m1/s1. The second-order valence-electron chi connectivity index (χ2n) is 9.87. The summed E-state index contributed by atoms with van der Waals surface area (Å²) in [5.74, 6) is -1.56. The van der Waals surface area contributed by atoms with Gasteiger partial charge in [-0.3, -0.25) is 9.59 Å². The summed E-state index contributed by atoms with van der Waals surface area (Å²) in [6.45, 7) is 5.90. The first-order valence-electron chi connectivity index (χ1n) is 12.0. The van der Waals surface area contributed by atoms with Crippen LogP contribution in [0.3, 0.4) is 0 Å². The molecule has 4 rings (SSSR count). The lowest BCUT2D eigenvalue weighted by atomic mass is 9.57. The SMILES string of the molecule is COC(=O)N1C(=O)[C@@H]2[C@@H](CC(C(C)C)=C3[C@@H](CC/C(C)=C/c4ccc(CO)o4)OB(O)C[C@@H]32)C1=O. The Morgan fingerprint density at radius 2 is 2.03 bits per heavy atom. The van der Waals surface area contributed by atoms with Crippen LogP contribution in [0.2, 0.25) is 6.32 Å². The highest BCUT2D eigenvalue weighted by Crippen LogP contribution is 2.52. The fourth-order valence-electron chi connectivity index (χ4n) is 5.75. The molecule has 2 fully saturated rings. The molecule has 1 aromatic rings. The van der Waals surface area contributed by atoms with E-state index in [2.05, 4.69) is 4.74 Å². The average Bonchev–Trinajstić information content (AvgIpc) is 3.37. The summed E-state index contributed by atoms with van der Waals surface area (Å²) in [6, 6.07) is 3.52. The molecule has 0 saturated carbocycles. The molecule has 3 heterocycles. The molecule has 0 spiro atoms. The molecular weight excluding hydrogens is 453 g/mol. The molecule has 2 N–H and O–H groups in total. The molecular formula is C25H32BNO8. The van der Waals surface area contributed by atoms with E-state index in [0.29, 0.717) is 35.7 Å². The lowest BCUT2D eigenvalue weighted by Crippen LogP contribution is -2.46. The van der Waals surface area contributed by atoms with E-state index in [0.717, 1.165) is 23.8 Å². The third-order valence-electron chi connectivity index (χ3n) is 7.33. The van der Waals surface area contributed by atoms with Gasteiger partial charge in [-0.15, -0.1) is 0 Å². The molecule has 35 heavy (non-hydrogen) atoms. The first-order valence-corrected chi connectivity index (χ1v) is 12.0. The Kier molecular flexibility index (Phi) is 7.35. The number of nitrogens with zero attached hydrogens (tertiary/aromatic N) is 1. The summed E-state index contributed by atoms with van der Waals surface area (Å²) in [4.78, 5) is 39.0. The summed E-state index contributed by atoms with van der Waals surface area (Å²) >= 11 is 0. The van der Waals surface area contributed by atoms with Crippen molar-refractivity contribution in [2.45, 2.75) is 59.1 Å². The number of allylic oxidation sites excluding steroid dienone is 2. The molecule has 9 nitrogen and oxygen atoms in total. The van der Waals surface area contributed by atoms with Gasteiger partial charge >= 0.3 is 13.2 Å². The maximum absolute atomic E-state index is 13.2. The number of carbonyl (C=O) groups excluding carboxylic acids is 3. The van der Waals surface area contributed by atoms with Gasteiger partial charge in [0.25, 0.3) is 0 Å². The zero-order valence-electron chi connectivity index (χ0n) is 20.5. The van der Waals surface area contributed by atoms with Crippen LogP contribution in [0.4, 0.5) is 4.79 Å². The van der Waals surface area contributed by atoms with Crippen LogP contribution in [0, 0.1) is 23.7 Å². The Morgan fingerprint density at radius 1 is 1.29 bits per heavy atom. The maximum Gasteiger partial charge on any atom is 0.455 e. The molecule has 0 unspecified atom stereocenters. The van der Waals surface area contributed by atoms with Crippen molar-refractivity contribution in [1.29, 1.82) is 0 Å². The zero-order valence-corrected chi connectivity index (χ0v) is 20.5. The molecule has 1 aliphatic carbocycles. The zero-order chi connectivity index (χ0) is 25.4. The van der Waals surface area contributed by atoms with Crippen LogP contribution in [0.25, 0.3) is 6.08 Å². The number of likely N-dealkylation sites (tertiary alicyclic amines) is 1. The lowest BCUT2D eigenvalue weighted by Gasteiger charge is -2.44. The summed E-state index contributed by atoms with van der Waals surface area (Å²) < 4.78 is 16.2. The number of fused-ring (bicyclic) bond motifs is 3. The van der Waals surface area contributed by atoms with Crippen LogP contribution in [-0.2, 0) is 25.6 Å². The monoisotopic (exact) mass is 485 g/mol. The smallest absolute Gasteiger partial charge is 0.455 e. The molecule has 0 aromatic carbocycles. The van der Waals surface area contributed by atoms with Crippen LogP contribution in [-0.4, -0.2) is 53.3 Å². The van der Waals surface area contributed by atoms with Crippen molar-refractivity contribution in [3.8, 4) is 0 Å². The molecule has 3 amide bonds. The van der Waals surface area contributed by atoms with Gasteiger partial charge in [-0.2, -0.15) is 4.90 Å². The van der Waals surface area contributed by atoms with E-state index in [1.54, 1.807) is 12.1 Å². The lowest BCUT2D eigenvalue weighted by molar-refractivity contribution is -0.137. The van der Waals surface area contributed by atoms with E-state index in [1.165, 1.54) is 0 Å². The molecule has 10 heteroatoms. The fourth-order valence-corrected chi connectivity index (χ4v) is 5.75. The van der Waals surface area contributed by atoms with E-state index in [9.17, 15) is 24.5 Å². The van der Waals surface area contributed by atoms with Crippen molar-refractivity contribution in [2.75, 3.05) is 7.11 Å². The third-order valence-corrected chi connectivity index (χ3v) is 7.33. The quantitative estimate of drug-likeness (QED) is 0.358. The highest BCUT2D eigenvalue weighted by Gasteiger charge is 2.59. The van der Waals surface area contributed by atoms with Gasteiger partial charge in [0.05, 0.1) is 25.0 Å². The molecule has 3 aliphatic rings. The number of hydrogen-bond acceptors (Lipinski definition) is 8. The summed E-state index contributed by atoms with van der Waals surface area (Å²) in [7, 11) is 0.0726. The second-order valence-corrected chi connectivity index (χ2v) is 9.87. The Bertz CT molecular complexity index is 1070. The van der Waals surface area contributed by atoms with E-state index >= 15 is 0 Å². The normalized spacial score (nSPS) is 27.0. The highest BCUT2D eigenvalue weighted by atomic mass is 16.5.